The zero-order chi connectivity index (χ0) is 11.4. The third-order valence-corrected chi connectivity index (χ3v) is 2.18. The second-order valence-electron chi connectivity index (χ2n) is 3.68. The van der Waals surface area contributed by atoms with Crippen molar-refractivity contribution in [3.05, 3.63) is 18.0 Å². The average molecular weight is 211 g/mol. The first kappa shape index (κ1) is 11.7. The third kappa shape index (κ3) is 2.79. The van der Waals surface area contributed by atoms with Gasteiger partial charge in [0.15, 0.2) is 0 Å². The van der Waals surface area contributed by atoms with Crippen LogP contribution in [-0.2, 0) is 9.53 Å². The molecule has 1 aromatic rings. The lowest BCUT2D eigenvalue weighted by Crippen LogP contribution is -2.21. The molecule has 0 saturated carbocycles. The van der Waals surface area contributed by atoms with Crippen LogP contribution >= 0.6 is 0 Å². The number of methoxy groups -OCH3 is 1. The molecule has 0 fully saturated rings. The summed E-state index contributed by atoms with van der Waals surface area (Å²) in [5.74, 6) is -0.306. The van der Waals surface area contributed by atoms with Gasteiger partial charge in [0.25, 0.3) is 0 Å². The van der Waals surface area contributed by atoms with Crippen molar-refractivity contribution in [1.29, 1.82) is 0 Å². The van der Waals surface area contributed by atoms with Gasteiger partial charge in [-0.05, 0) is 19.9 Å². The highest BCUT2D eigenvalue weighted by molar-refractivity contribution is 5.70. The third-order valence-electron chi connectivity index (χ3n) is 2.18. The molecule has 0 bridgehead atoms. The molecule has 0 radical (unpaired) electrons. The van der Waals surface area contributed by atoms with Crippen molar-refractivity contribution in [2.45, 2.75) is 32.4 Å². The number of aromatic nitrogens is 2. The maximum absolute atomic E-state index is 11.1. The number of hydrogen-bond donors (Lipinski definition) is 1. The number of nitrogens with zero attached hydrogens (tertiary/aromatic N) is 2. The fraction of sp³-hybridized carbons (Fsp3) is 0.600. The molecule has 1 heterocycles. The molecule has 1 rings (SSSR count). The Morgan fingerprint density at radius 2 is 2.33 bits per heavy atom. The molecule has 5 nitrogen and oxygen atoms in total. The molecular weight excluding hydrogens is 194 g/mol. The van der Waals surface area contributed by atoms with E-state index in [9.17, 15) is 4.79 Å². The van der Waals surface area contributed by atoms with Crippen LogP contribution in [0.15, 0.2) is 12.3 Å². The van der Waals surface area contributed by atoms with E-state index in [1.165, 1.54) is 7.11 Å². The predicted molar refractivity (Wildman–Crippen MR) is 56.2 cm³/mol. The lowest BCUT2D eigenvalue weighted by atomic mass is 10.1. The van der Waals surface area contributed by atoms with E-state index >= 15 is 0 Å². The van der Waals surface area contributed by atoms with Crippen molar-refractivity contribution in [2.24, 2.45) is 5.73 Å². The molecule has 1 atom stereocenters. The Bertz CT molecular complexity index is 333. The molecule has 84 valence electrons. The lowest BCUT2D eigenvalue weighted by molar-refractivity contribution is -0.141. The average Bonchev–Trinajstić information content (AvgIpc) is 2.65. The molecule has 0 aromatic carbocycles. The second-order valence-corrected chi connectivity index (χ2v) is 3.68. The fourth-order valence-corrected chi connectivity index (χ4v) is 1.42. The van der Waals surface area contributed by atoms with Gasteiger partial charge in [0.1, 0.15) is 0 Å². The van der Waals surface area contributed by atoms with Gasteiger partial charge in [0.2, 0.25) is 0 Å². The number of hydrogen-bond acceptors (Lipinski definition) is 4. The summed E-state index contributed by atoms with van der Waals surface area (Å²) < 4.78 is 6.38. The summed E-state index contributed by atoms with van der Waals surface area (Å²) >= 11 is 0. The van der Waals surface area contributed by atoms with Crippen LogP contribution in [-0.4, -0.2) is 22.9 Å². The maximum atomic E-state index is 11.1. The van der Waals surface area contributed by atoms with Crippen LogP contribution < -0.4 is 5.73 Å². The number of esters is 1. The van der Waals surface area contributed by atoms with E-state index in [1.54, 1.807) is 6.20 Å². The van der Waals surface area contributed by atoms with Crippen molar-refractivity contribution < 1.29 is 9.53 Å². The molecule has 0 saturated heterocycles. The van der Waals surface area contributed by atoms with Crippen LogP contribution in [0.1, 0.15) is 38.0 Å². The topological polar surface area (TPSA) is 70.1 Å². The standard InChI is InChI=1S/C10H17N3O2/c1-7(2)13-9(4-5-12-13)8(11)6-10(14)15-3/h4-5,7-8H,6,11H2,1-3H3/t8-/m1/s1. The first-order valence-electron chi connectivity index (χ1n) is 4.92. The summed E-state index contributed by atoms with van der Waals surface area (Å²) in [4.78, 5) is 11.1. The smallest absolute Gasteiger partial charge is 0.307 e. The molecule has 5 heteroatoms. The molecule has 0 aliphatic rings. The van der Waals surface area contributed by atoms with E-state index in [1.807, 2.05) is 24.6 Å². The fourth-order valence-electron chi connectivity index (χ4n) is 1.42. The summed E-state index contributed by atoms with van der Waals surface area (Å²) in [6.45, 7) is 4.03. The van der Waals surface area contributed by atoms with Crippen LogP contribution in [0.3, 0.4) is 0 Å². The van der Waals surface area contributed by atoms with Crippen molar-refractivity contribution in [1.82, 2.24) is 9.78 Å². The van der Waals surface area contributed by atoms with Crippen molar-refractivity contribution in [3.8, 4) is 0 Å². The minimum absolute atomic E-state index is 0.176. The van der Waals surface area contributed by atoms with E-state index in [4.69, 9.17) is 5.73 Å². The summed E-state index contributed by atoms with van der Waals surface area (Å²) in [7, 11) is 1.36. The number of nitrogens with two attached hydrogens (primary N) is 1. The van der Waals surface area contributed by atoms with E-state index in [-0.39, 0.29) is 24.5 Å². The number of rotatable bonds is 4. The molecule has 0 aliphatic carbocycles. The van der Waals surface area contributed by atoms with Gasteiger partial charge in [-0.2, -0.15) is 5.10 Å². The SMILES string of the molecule is COC(=O)C[C@@H](N)c1ccnn1C(C)C. The lowest BCUT2D eigenvalue weighted by Gasteiger charge is -2.15. The van der Waals surface area contributed by atoms with Gasteiger partial charge in [-0.15, -0.1) is 0 Å². The minimum Gasteiger partial charge on any atom is -0.469 e. The van der Waals surface area contributed by atoms with E-state index in [0.717, 1.165) is 5.69 Å². The zero-order valence-electron chi connectivity index (χ0n) is 9.30. The van der Waals surface area contributed by atoms with Crippen LogP contribution in [0.5, 0.6) is 0 Å². The van der Waals surface area contributed by atoms with Gasteiger partial charge < -0.3 is 10.5 Å². The monoisotopic (exact) mass is 211 g/mol. The summed E-state index contributed by atoms with van der Waals surface area (Å²) in [5.41, 5.74) is 6.75. The molecular formula is C10H17N3O2. The van der Waals surface area contributed by atoms with Gasteiger partial charge in [0.05, 0.1) is 25.3 Å². The van der Waals surface area contributed by atoms with Crippen LogP contribution in [0.2, 0.25) is 0 Å². The van der Waals surface area contributed by atoms with Crippen molar-refractivity contribution >= 4 is 5.97 Å². The molecule has 15 heavy (non-hydrogen) atoms. The highest BCUT2D eigenvalue weighted by atomic mass is 16.5. The Balaban J connectivity index is 2.77. The van der Waals surface area contributed by atoms with Gasteiger partial charge in [0, 0.05) is 12.2 Å². The largest absolute Gasteiger partial charge is 0.469 e. The second kappa shape index (κ2) is 4.93. The summed E-state index contributed by atoms with van der Waals surface area (Å²) in [6, 6.07) is 1.70. The molecule has 1 aromatic heterocycles. The van der Waals surface area contributed by atoms with Gasteiger partial charge in [-0.25, -0.2) is 0 Å². The van der Waals surface area contributed by atoms with Crippen LogP contribution in [0.25, 0.3) is 0 Å². The Kier molecular flexibility index (Phi) is 3.85. The Labute approximate surface area is 89.2 Å². The Hall–Kier alpha value is -1.36. The predicted octanol–water partition coefficient (Wildman–Crippen LogP) is 1.03. The molecule has 0 unspecified atom stereocenters. The summed E-state index contributed by atoms with van der Waals surface area (Å²) in [5, 5.41) is 4.15. The molecule has 2 N–H and O–H groups in total. The Morgan fingerprint density at radius 3 is 2.87 bits per heavy atom. The summed E-state index contributed by atoms with van der Waals surface area (Å²) in [6.07, 6.45) is 1.86. The van der Waals surface area contributed by atoms with Crippen LogP contribution in [0, 0.1) is 0 Å². The Morgan fingerprint density at radius 1 is 1.67 bits per heavy atom. The first-order valence-corrected chi connectivity index (χ1v) is 4.92. The maximum Gasteiger partial charge on any atom is 0.307 e. The van der Waals surface area contributed by atoms with Crippen molar-refractivity contribution in [3.63, 3.8) is 0 Å². The van der Waals surface area contributed by atoms with Gasteiger partial charge >= 0.3 is 5.97 Å². The quantitative estimate of drug-likeness (QED) is 0.755. The van der Waals surface area contributed by atoms with E-state index in [0.29, 0.717) is 0 Å². The highest BCUT2D eigenvalue weighted by Crippen LogP contribution is 2.17. The zero-order valence-corrected chi connectivity index (χ0v) is 9.30. The normalized spacial score (nSPS) is 12.9. The van der Waals surface area contributed by atoms with E-state index in [2.05, 4.69) is 9.84 Å². The number of carbonyl (C=O) groups is 1. The van der Waals surface area contributed by atoms with E-state index < -0.39 is 0 Å². The van der Waals surface area contributed by atoms with Crippen LogP contribution in [0.4, 0.5) is 0 Å². The molecule has 0 spiro atoms. The van der Waals surface area contributed by atoms with Gasteiger partial charge in [-0.1, -0.05) is 0 Å². The highest BCUT2D eigenvalue weighted by Gasteiger charge is 2.17. The molecule has 0 aliphatic heterocycles. The molecule has 0 amide bonds. The minimum atomic E-state index is -0.359. The first-order chi connectivity index (χ1) is 7.06. The number of carbonyl (C=O) groups excluding carboxylic acids is 1. The number of ether oxygens (including phenoxy) is 1. The van der Waals surface area contributed by atoms with Gasteiger partial charge in [-0.3, -0.25) is 9.48 Å². The van der Waals surface area contributed by atoms with Crippen molar-refractivity contribution in [2.75, 3.05) is 7.11 Å².